The van der Waals surface area contributed by atoms with Crippen molar-refractivity contribution >= 4 is 29.5 Å². The molecule has 7 nitrogen and oxygen atoms in total. The molecule has 214 valence electrons. The summed E-state index contributed by atoms with van der Waals surface area (Å²) >= 11 is 0. The Hall–Kier alpha value is -4.78. The number of aryl methyl sites for hydroxylation is 1. The summed E-state index contributed by atoms with van der Waals surface area (Å²) in [6, 6.07) is 6.03. The zero-order chi connectivity index (χ0) is 29.5. The lowest BCUT2D eigenvalue weighted by Crippen LogP contribution is -2.21. The number of imidazole rings is 1. The number of hydrogen-bond donors (Lipinski definition) is 3. The predicted octanol–water partition coefficient (Wildman–Crippen LogP) is 6.71. The molecule has 1 aliphatic rings. The van der Waals surface area contributed by atoms with E-state index in [9.17, 15) is 0 Å². The van der Waals surface area contributed by atoms with Gasteiger partial charge in [0.2, 0.25) is 0 Å². The average Bonchev–Trinajstić information content (AvgIpc) is 3.57. The van der Waals surface area contributed by atoms with Gasteiger partial charge in [0.05, 0.1) is 22.9 Å². The third kappa shape index (κ3) is 6.74. The Morgan fingerprint density at radius 2 is 1.90 bits per heavy atom. The molecule has 1 fully saturated rings. The van der Waals surface area contributed by atoms with Crippen LogP contribution in [0, 0.1) is 12.8 Å². The Balaban J connectivity index is 1.34. The summed E-state index contributed by atoms with van der Waals surface area (Å²) in [5.74, 6) is 1.39. The fourth-order valence-corrected chi connectivity index (χ4v) is 5.52. The highest BCUT2D eigenvalue weighted by molar-refractivity contribution is 5.80. The molecular formula is C35H39N7. The molecule has 7 heteroatoms. The van der Waals surface area contributed by atoms with Crippen LogP contribution in [0.25, 0.3) is 35.3 Å². The number of hydrogen-bond acceptors (Lipinski definition) is 5. The first-order valence-corrected chi connectivity index (χ1v) is 14.6. The van der Waals surface area contributed by atoms with Crippen LogP contribution in [-0.4, -0.2) is 30.1 Å². The monoisotopic (exact) mass is 557 g/mol. The molecule has 3 N–H and O–H groups in total. The molecule has 5 rings (SSSR count). The van der Waals surface area contributed by atoms with Gasteiger partial charge in [0.1, 0.15) is 5.69 Å². The summed E-state index contributed by atoms with van der Waals surface area (Å²) < 4.78 is 0. The molecule has 0 aromatic carbocycles. The molecule has 0 radical (unpaired) electrons. The second-order valence-corrected chi connectivity index (χ2v) is 11.0. The summed E-state index contributed by atoms with van der Waals surface area (Å²) in [4.78, 5) is 17.0. The second kappa shape index (κ2) is 13.3. The first kappa shape index (κ1) is 28.7. The topological polar surface area (TPSA) is 95.2 Å². The van der Waals surface area contributed by atoms with Crippen molar-refractivity contribution in [1.82, 2.24) is 30.1 Å². The van der Waals surface area contributed by atoms with E-state index in [1.54, 1.807) is 12.3 Å². The van der Waals surface area contributed by atoms with Gasteiger partial charge in [-0.05, 0) is 55.5 Å². The lowest BCUT2D eigenvalue weighted by atomic mass is 9.86. The summed E-state index contributed by atoms with van der Waals surface area (Å²) in [5, 5.41) is 12.7. The minimum atomic E-state index is 0.652. The minimum Gasteiger partial charge on any atom is -0.358 e. The van der Waals surface area contributed by atoms with Crippen LogP contribution >= 0.6 is 0 Å². The molecule has 0 bridgehead atoms. The Kier molecular flexibility index (Phi) is 9.07. The van der Waals surface area contributed by atoms with Crippen molar-refractivity contribution in [2.75, 3.05) is 5.32 Å². The lowest BCUT2D eigenvalue weighted by molar-refractivity contribution is 0.357. The van der Waals surface area contributed by atoms with Gasteiger partial charge in [0.25, 0.3) is 0 Å². The van der Waals surface area contributed by atoms with Crippen molar-refractivity contribution in [2.45, 2.75) is 52.4 Å². The maximum absolute atomic E-state index is 4.89. The molecule has 4 aromatic rings. The molecule has 1 saturated carbocycles. The van der Waals surface area contributed by atoms with Gasteiger partial charge in [-0.1, -0.05) is 76.1 Å². The number of allylic oxidation sites excluding steroid dienone is 5. The second-order valence-electron chi connectivity index (χ2n) is 11.0. The van der Waals surface area contributed by atoms with Gasteiger partial charge in [0.15, 0.2) is 5.82 Å². The van der Waals surface area contributed by atoms with Crippen molar-refractivity contribution in [2.24, 2.45) is 5.92 Å². The number of H-pyrrole nitrogens is 2. The number of aromatic amines is 2. The van der Waals surface area contributed by atoms with E-state index < -0.39 is 0 Å². The van der Waals surface area contributed by atoms with Crippen LogP contribution in [0.15, 0.2) is 80.1 Å². The van der Waals surface area contributed by atoms with Crippen LogP contribution in [0.1, 0.15) is 68.0 Å². The Bertz CT molecular complexity index is 1730. The number of aromatic nitrogens is 6. The van der Waals surface area contributed by atoms with Crippen LogP contribution in [0.2, 0.25) is 0 Å². The van der Waals surface area contributed by atoms with E-state index in [0.717, 1.165) is 68.0 Å². The highest BCUT2D eigenvalue weighted by atomic mass is 15.1. The van der Waals surface area contributed by atoms with Gasteiger partial charge in [-0.3, -0.25) is 15.1 Å². The number of nitrogens with zero attached hydrogens (tertiary/aromatic N) is 4. The number of nitrogens with one attached hydrogen (secondary N) is 3. The van der Waals surface area contributed by atoms with E-state index in [1.807, 2.05) is 49.8 Å². The Morgan fingerprint density at radius 3 is 2.67 bits per heavy atom. The number of pyridine rings is 2. The zero-order valence-electron chi connectivity index (χ0n) is 24.6. The first-order chi connectivity index (χ1) is 20.4. The van der Waals surface area contributed by atoms with Crippen LogP contribution in [0.3, 0.4) is 0 Å². The lowest BCUT2D eigenvalue weighted by Gasteiger charge is -2.22. The van der Waals surface area contributed by atoms with E-state index in [4.69, 9.17) is 4.98 Å². The Labute approximate surface area is 247 Å². The normalized spacial score (nSPS) is 15.1. The van der Waals surface area contributed by atoms with Crippen molar-refractivity contribution in [3.05, 3.63) is 113 Å². The van der Waals surface area contributed by atoms with E-state index in [-0.39, 0.29) is 0 Å². The molecule has 0 unspecified atom stereocenters. The van der Waals surface area contributed by atoms with Gasteiger partial charge in [-0.2, -0.15) is 5.10 Å². The molecule has 4 aromatic heterocycles. The van der Waals surface area contributed by atoms with E-state index in [0.29, 0.717) is 11.5 Å². The largest absolute Gasteiger partial charge is 0.358 e. The van der Waals surface area contributed by atoms with Crippen LogP contribution in [-0.2, 0) is 0 Å². The summed E-state index contributed by atoms with van der Waals surface area (Å²) in [5.41, 5.74) is 8.46. The maximum atomic E-state index is 4.89. The third-order valence-electron chi connectivity index (χ3n) is 7.79. The van der Waals surface area contributed by atoms with Gasteiger partial charge in [-0.25, -0.2) is 4.98 Å². The molecular weight excluding hydrogens is 518 g/mol. The molecule has 1 aliphatic carbocycles. The smallest absolute Gasteiger partial charge is 0.159 e. The summed E-state index contributed by atoms with van der Waals surface area (Å²) in [6.07, 6.45) is 22.7. The third-order valence-corrected chi connectivity index (χ3v) is 7.79. The minimum absolute atomic E-state index is 0.652. The molecule has 0 amide bonds. The van der Waals surface area contributed by atoms with Crippen molar-refractivity contribution in [3.8, 4) is 11.5 Å². The Morgan fingerprint density at radius 1 is 1.10 bits per heavy atom. The zero-order valence-corrected chi connectivity index (χ0v) is 24.6. The van der Waals surface area contributed by atoms with Crippen LogP contribution < -0.4 is 15.9 Å². The van der Waals surface area contributed by atoms with Gasteiger partial charge in [-0.15, -0.1) is 0 Å². The average molecular weight is 558 g/mol. The van der Waals surface area contributed by atoms with Crippen molar-refractivity contribution in [3.63, 3.8) is 0 Å². The molecule has 4 heterocycles. The number of anilines is 1. The van der Waals surface area contributed by atoms with E-state index in [1.165, 1.54) is 32.1 Å². The van der Waals surface area contributed by atoms with Gasteiger partial charge >= 0.3 is 0 Å². The van der Waals surface area contributed by atoms with Crippen LogP contribution in [0.5, 0.6) is 0 Å². The van der Waals surface area contributed by atoms with Crippen molar-refractivity contribution in [1.29, 1.82) is 0 Å². The molecule has 0 atom stereocenters. The van der Waals surface area contributed by atoms with Gasteiger partial charge in [0, 0.05) is 46.3 Å². The summed E-state index contributed by atoms with van der Waals surface area (Å²) in [7, 11) is 0. The molecule has 0 spiro atoms. The highest BCUT2D eigenvalue weighted by Gasteiger charge is 2.17. The first-order valence-electron chi connectivity index (χ1n) is 14.6. The number of rotatable bonds is 10. The fraction of sp³-hybridized carbons (Fsp3) is 0.257. The summed E-state index contributed by atoms with van der Waals surface area (Å²) in [6.45, 7) is 16.5. The van der Waals surface area contributed by atoms with Gasteiger partial charge < -0.3 is 10.3 Å². The van der Waals surface area contributed by atoms with Crippen molar-refractivity contribution < 1.29 is 0 Å². The fourth-order valence-electron chi connectivity index (χ4n) is 5.52. The molecule has 0 saturated heterocycles. The molecule has 42 heavy (non-hydrogen) atoms. The standard InChI is InChI=1S/C35H39N7/c1-6-11-31(28-14-10-17-36-20-28)34-26(5)39-35(40-34)33-25(4)32(41-42-33)16-15-23(2)29-19-30(22-37-21-29)38-24(3)18-27-12-8-7-9-13-27/h6,10-11,14-17,19-22,27,38,41H,1,3-4,7-9,12-13,18H2,2,5H3,(H,39,40)/b23-15+,31-11-,32-16+. The predicted molar refractivity (Wildman–Crippen MR) is 173 cm³/mol. The maximum Gasteiger partial charge on any atom is 0.159 e. The SMILES string of the molecule is C=C/C=C(/c1cccnc1)c1nc(-c2n[nH]/c(=C/C=C(\C)c3cncc(NC(=C)CC4CCCCC4)c3)c2=C)[nH]c1C. The van der Waals surface area contributed by atoms with E-state index in [2.05, 4.69) is 69.3 Å². The quantitative estimate of drug-likeness (QED) is 0.189. The van der Waals surface area contributed by atoms with Crippen LogP contribution in [0.4, 0.5) is 5.69 Å². The highest BCUT2D eigenvalue weighted by Crippen LogP contribution is 2.29. The molecule has 0 aliphatic heterocycles. The van der Waals surface area contributed by atoms with E-state index >= 15 is 0 Å².